The number of hydrogen-bond donors (Lipinski definition) is 2. The molecule has 0 spiro atoms. The second-order valence-corrected chi connectivity index (χ2v) is 12.0. The lowest BCUT2D eigenvalue weighted by Gasteiger charge is -2.32. The van der Waals surface area contributed by atoms with Crippen molar-refractivity contribution in [2.75, 3.05) is 19.3 Å². The molecule has 3 unspecified atom stereocenters. The number of urea groups is 1. The van der Waals surface area contributed by atoms with Crippen LogP contribution in [0.2, 0.25) is 0 Å². The molecule has 0 radical (unpaired) electrons. The van der Waals surface area contributed by atoms with Crippen LogP contribution in [0.5, 0.6) is 5.88 Å². The highest BCUT2D eigenvalue weighted by Crippen LogP contribution is 2.48. The summed E-state index contributed by atoms with van der Waals surface area (Å²) in [5.74, 6) is 2.16. The molecule has 10 heteroatoms. The normalized spacial score (nSPS) is 23.5. The van der Waals surface area contributed by atoms with Gasteiger partial charge in [-0.1, -0.05) is 12.5 Å². The molecule has 37 heavy (non-hydrogen) atoms. The molecular weight excluding hydrogens is 509 g/mol. The zero-order chi connectivity index (χ0) is 25.5. The Morgan fingerprint density at radius 3 is 2.73 bits per heavy atom. The quantitative estimate of drug-likeness (QED) is 0.229. The van der Waals surface area contributed by atoms with Gasteiger partial charge in [-0.15, -0.1) is 23.1 Å². The maximum atomic E-state index is 14.8. The Labute approximate surface area is 223 Å². The Hall–Kier alpha value is -2.72. The number of amidine groups is 1. The minimum absolute atomic E-state index is 0.0738. The monoisotopic (exact) mass is 539 g/mol. The maximum Gasteiger partial charge on any atom is 0.322 e. The average molecular weight is 540 g/mol. The van der Waals surface area contributed by atoms with E-state index < -0.39 is 0 Å². The summed E-state index contributed by atoms with van der Waals surface area (Å²) < 4.78 is 21.8. The lowest BCUT2D eigenvalue weighted by Crippen LogP contribution is -2.49. The van der Waals surface area contributed by atoms with Crippen molar-refractivity contribution in [3.05, 3.63) is 35.7 Å². The molecule has 194 valence electrons. The molecular formula is C27H30FN5O2S2. The Kier molecular flexibility index (Phi) is 6.79. The van der Waals surface area contributed by atoms with E-state index in [4.69, 9.17) is 10.1 Å². The number of piperidine rings is 1. The first-order chi connectivity index (χ1) is 18.0. The summed E-state index contributed by atoms with van der Waals surface area (Å²) in [4.78, 5) is 24.3. The van der Waals surface area contributed by atoms with Gasteiger partial charge in [0.1, 0.15) is 28.8 Å². The van der Waals surface area contributed by atoms with Crippen molar-refractivity contribution < 1.29 is 13.9 Å². The number of hydrogen-bond acceptors (Lipinski definition) is 7. The summed E-state index contributed by atoms with van der Waals surface area (Å²) in [5, 5.41) is 13.2. The number of nitrogens with one attached hydrogen (secondary N) is 2. The van der Waals surface area contributed by atoms with Crippen molar-refractivity contribution >= 4 is 45.2 Å². The molecule has 3 atom stereocenters. The smallest absolute Gasteiger partial charge is 0.322 e. The van der Waals surface area contributed by atoms with Crippen LogP contribution in [0.25, 0.3) is 21.3 Å². The number of halogens is 1. The van der Waals surface area contributed by atoms with Gasteiger partial charge in [0.2, 0.25) is 5.88 Å². The SMILES string of the molecule is CSc1ccc(-c2csc3c(OC4CCN(C(=O)NC(=N)C5CC6CCC5C6)CC4)ncnc23)c(F)c1. The molecule has 2 aromatic heterocycles. The number of thiophene rings is 1. The average Bonchev–Trinajstić information content (AvgIpc) is 3.66. The number of aromatic nitrogens is 2. The number of amides is 2. The molecule has 2 saturated carbocycles. The number of fused-ring (bicyclic) bond motifs is 3. The van der Waals surface area contributed by atoms with Gasteiger partial charge in [-0.05, 0) is 49.5 Å². The van der Waals surface area contributed by atoms with Crippen molar-refractivity contribution in [1.82, 2.24) is 20.2 Å². The van der Waals surface area contributed by atoms with Crippen LogP contribution in [0.1, 0.15) is 38.5 Å². The highest BCUT2D eigenvalue weighted by molar-refractivity contribution is 7.98. The van der Waals surface area contributed by atoms with E-state index >= 15 is 0 Å². The third-order valence-corrected chi connectivity index (χ3v) is 9.83. The van der Waals surface area contributed by atoms with Crippen molar-refractivity contribution in [3.63, 3.8) is 0 Å². The topological polar surface area (TPSA) is 91.2 Å². The summed E-state index contributed by atoms with van der Waals surface area (Å²) >= 11 is 2.96. The first-order valence-corrected chi connectivity index (χ1v) is 15.0. The van der Waals surface area contributed by atoms with Gasteiger partial charge in [-0.3, -0.25) is 10.7 Å². The Balaban J connectivity index is 1.08. The summed E-state index contributed by atoms with van der Waals surface area (Å²) in [6.07, 6.45) is 9.42. The molecule has 2 amide bonds. The molecule has 3 aliphatic rings. The van der Waals surface area contributed by atoms with Crippen LogP contribution in [0.4, 0.5) is 9.18 Å². The predicted octanol–water partition coefficient (Wildman–Crippen LogP) is 6.19. The molecule has 3 heterocycles. The van der Waals surface area contributed by atoms with E-state index in [-0.39, 0.29) is 23.9 Å². The zero-order valence-corrected chi connectivity index (χ0v) is 22.3. The number of ether oxygens (including phenoxy) is 1. The number of carbonyl (C=O) groups is 1. The van der Waals surface area contributed by atoms with Crippen molar-refractivity contribution in [3.8, 4) is 17.0 Å². The molecule has 1 aliphatic heterocycles. The number of benzene rings is 1. The highest BCUT2D eigenvalue weighted by Gasteiger charge is 2.42. The van der Waals surface area contributed by atoms with Gasteiger partial charge in [0.25, 0.3) is 0 Å². The fourth-order valence-electron chi connectivity index (χ4n) is 6.17. The lowest BCUT2D eigenvalue weighted by atomic mass is 9.88. The van der Waals surface area contributed by atoms with E-state index in [2.05, 4.69) is 15.3 Å². The lowest BCUT2D eigenvalue weighted by molar-refractivity contribution is 0.110. The minimum atomic E-state index is -0.271. The maximum absolute atomic E-state index is 14.8. The van der Waals surface area contributed by atoms with Crippen molar-refractivity contribution in [1.29, 1.82) is 5.41 Å². The van der Waals surface area contributed by atoms with Gasteiger partial charge in [-0.2, -0.15) is 0 Å². The fraction of sp³-hybridized carbons (Fsp3) is 0.481. The molecule has 2 bridgehead atoms. The van der Waals surface area contributed by atoms with Crippen molar-refractivity contribution in [2.45, 2.75) is 49.5 Å². The van der Waals surface area contributed by atoms with Gasteiger partial charge in [0, 0.05) is 53.3 Å². The number of rotatable bonds is 5. The van der Waals surface area contributed by atoms with Crippen LogP contribution in [0.15, 0.2) is 34.8 Å². The summed E-state index contributed by atoms with van der Waals surface area (Å²) in [6, 6.07) is 5.08. The summed E-state index contributed by atoms with van der Waals surface area (Å²) in [6.45, 7) is 1.13. The van der Waals surface area contributed by atoms with Crippen LogP contribution in [-0.4, -0.2) is 52.2 Å². The van der Waals surface area contributed by atoms with Gasteiger partial charge in [0.05, 0.1) is 5.52 Å². The molecule has 3 aromatic rings. The molecule has 1 saturated heterocycles. The second kappa shape index (κ2) is 10.2. The van der Waals surface area contributed by atoms with Crippen LogP contribution >= 0.6 is 23.1 Å². The van der Waals surface area contributed by atoms with Gasteiger partial charge < -0.3 is 9.64 Å². The van der Waals surface area contributed by atoms with Crippen LogP contribution < -0.4 is 10.1 Å². The fourth-order valence-corrected chi connectivity index (χ4v) is 7.54. The van der Waals surface area contributed by atoms with E-state index in [1.807, 2.05) is 17.7 Å². The first kappa shape index (κ1) is 24.6. The number of carbonyl (C=O) groups excluding carboxylic acids is 1. The van der Waals surface area contributed by atoms with Crippen LogP contribution in [0.3, 0.4) is 0 Å². The number of nitrogens with zero attached hydrogens (tertiary/aromatic N) is 3. The number of likely N-dealkylation sites (tertiary alicyclic amines) is 1. The van der Waals surface area contributed by atoms with Crippen molar-refractivity contribution in [2.24, 2.45) is 17.8 Å². The van der Waals surface area contributed by atoms with Gasteiger partial charge in [-0.25, -0.2) is 19.2 Å². The Morgan fingerprint density at radius 1 is 1.19 bits per heavy atom. The number of thioether (sulfide) groups is 1. The molecule has 2 N–H and O–H groups in total. The van der Waals surface area contributed by atoms with Gasteiger partial charge in [0.15, 0.2) is 0 Å². The third kappa shape index (κ3) is 4.81. The largest absolute Gasteiger partial charge is 0.473 e. The molecule has 6 rings (SSSR count). The van der Waals surface area contributed by atoms with Crippen LogP contribution in [-0.2, 0) is 0 Å². The molecule has 2 aliphatic carbocycles. The van der Waals surface area contributed by atoms with E-state index in [1.165, 1.54) is 48.7 Å². The predicted molar refractivity (Wildman–Crippen MR) is 145 cm³/mol. The molecule has 7 nitrogen and oxygen atoms in total. The zero-order valence-electron chi connectivity index (χ0n) is 20.7. The first-order valence-electron chi connectivity index (χ1n) is 12.9. The van der Waals surface area contributed by atoms with E-state index in [0.29, 0.717) is 54.6 Å². The summed E-state index contributed by atoms with van der Waals surface area (Å²) in [5.41, 5.74) is 1.94. The van der Waals surface area contributed by atoms with Gasteiger partial charge >= 0.3 is 6.03 Å². The second-order valence-electron chi connectivity index (χ2n) is 10.3. The Morgan fingerprint density at radius 2 is 2.03 bits per heavy atom. The molecule has 1 aromatic carbocycles. The van der Waals surface area contributed by atoms with Crippen LogP contribution in [0, 0.1) is 29.0 Å². The van der Waals surface area contributed by atoms with E-state index in [1.54, 1.807) is 17.0 Å². The Bertz CT molecular complexity index is 1340. The van der Waals surface area contributed by atoms with E-state index in [0.717, 1.165) is 27.5 Å². The standard InChI is InChI=1S/C27H30FN5O2S2/c1-36-18-4-5-19(22(28)12-18)21-13-37-24-23(21)30-14-31-26(24)35-17-6-8-33(9-7-17)27(34)32-25(29)20-11-15-2-3-16(20)10-15/h4-5,12-17,20H,2-3,6-11H2,1H3,(H2,29,32,34). The highest BCUT2D eigenvalue weighted by atomic mass is 32.2. The minimum Gasteiger partial charge on any atom is -0.473 e. The summed E-state index contributed by atoms with van der Waals surface area (Å²) in [7, 11) is 0. The third-order valence-electron chi connectivity index (χ3n) is 8.15. The van der Waals surface area contributed by atoms with E-state index in [9.17, 15) is 9.18 Å². The molecule has 3 fully saturated rings.